The molecule has 0 aliphatic heterocycles. The Balaban J connectivity index is 1.44. The topological polar surface area (TPSA) is 73.2 Å². The van der Waals surface area contributed by atoms with E-state index >= 15 is 0 Å². The van der Waals surface area contributed by atoms with Crippen LogP contribution in [0.1, 0.15) is 12.8 Å². The van der Waals surface area contributed by atoms with Gasteiger partial charge in [-0.15, -0.1) is 0 Å². The number of ether oxygens (including phenoxy) is 1. The predicted molar refractivity (Wildman–Crippen MR) is 102 cm³/mol. The standard InChI is InChI=1S/C21H23N3O3/c1-27-19-5-3-2-4-17(19)18-8-9-21(26)24(23-18)13-20(25)22-12-16-11-14-6-7-15(16)10-14/h2-9,14-16H,10-13H2,1H3,(H,22,25)/t14-,15+,16-/m0/s1. The zero-order valence-corrected chi connectivity index (χ0v) is 15.3. The molecule has 1 aromatic carbocycles. The number of benzene rings is 1. The summed E-state index contributed by atoms with van der Waals surface area (Å²) in [5.74, 6) is 2.26. The molecule has 0 spiro atoms. The number of hydrogen-bond donors (Lipinski definition) is 1. The third kappa shape index (κ3) is 3.65. The summed E-state index contributed by atoms with van der Waals surface area (Å²) < 4.78 is 6.56. The number of aromatic nitrogens is 2. The van der Waals surface area contributed by atoms with Gasteiger partial charge < -0.3 is 10.1 Å². The van der Waals surface area contributed by atoms with Crippen molar-refractivity contribution < 1.29 is 9.53 Å². The fourth-order valence-electron chi connectivity index (χ4n) is 4.13. The van der Waals surface area contributed by atoms with E-state index in [1.807, 2.05) is 24.3 Å². The molecule has 4 rings (SSSR count). The van der Waals surface area contributed by atoms with Gasteiger partial charge in [0, 0.05) is 18.2 Å². The molecule has 2 aliphatic rings. The number of para-hydroxylation sites is 1. The number of nitrogens with zero attached hydrogens (tertiary/aromatic N) is 2. The molecule has 140 valence electrons. The number of hydrogen-bond acceptors (Lipinski definition) is 4. The second kappa shape index (κ2) is 7.39. The highest BCUT2D eigenvalue weighted by Crippen LogP contribution is 2.42. The van der Waals surface area contributed by atoms with Crippen molar-refractivity contribution in [1.82, 2.24) is 15.1 Å². The van der Waals surface area contributed by atoms with Gasteiger partial charge in [-0.05, 0) is 48.8 Å². The summed E-state index contributed by atoms with van der Waals surface area (Å²) >= 11 is 0. The van der Waals surface area contributed by atoms with E-state index in [2.05, 4.69) is 22.6 Å². The van der Waals surface area contributed by atoms with Gasteiger partial charge in [0.05, 0.1) is 12.8 Å². The molecule has 1 aromatic heterocycles. The minimum absolute atomic E-state index is 0.0848. The molecule has 1 heterocycles. The Morgan fingerprint density at radius 1 is 1.22 bits per heavy atom. The summed E-state index contributed by atoms with van der Waals surface area (Å²) in [6, 6.07) is 10.5. The van der Waals surface area contributed by atoms with Gasteiger partial charge in [-0.25, -0.2) is 4.68 Å². The molecule has 1 amide bonds. The first kappa shape index (κ1) is 17.5. The Hall–Kier alpha value is -2.89. The van der Waals surface area contributed by atoms with Crippen molar-refractivity contribution >= 4 is 5.91 Å². The largest absolute Gasteiger partial charge is 0.496 e. The normalized spacial score (nSPS) is 22.8. The minimum Gasteiger partial charge on any atom is -0.496 e. The van der Waals surface area contributed by atoms with Crippen LogP contribution < -0.4 is 15.6 Å². The fraction of sp³-hybridized carbons (Fsp3) is 0.381. The molecule has 1 N–H and O–H groups in total. The number of carbonyl (C=O) groups is 1. The second-order valence-corrected chi connectivity index (χ2v) is 7.26. The molecule has 0 unspecified atom stereocenters. The van der Waals surface area contributed by atoms with Crippen LogP contribution in [-0.2, 0) is 11.3 Å². The van der Waals surface area contributed by atoms with Crippen molar-refractivity contribution in [2.75, 3.05) is 13.7 Å². The molecule has 6 heteroatoms. The molecule has 6 nitrogen and oxygen atoms in total. The van der Waals surface area contributed by atoms with Crippen LogP contribution in [0.25, 0.3) is 11.3 Å². The summed E-state index contributed by atoms with van der Waals surface area (Å²) in [4.78, 5) is 24.5. The zero-order chi connectivity index (χ0) is 18.8. The molecule has 1 saturated carbocycles. The van der Waals surface area contributed by atoms with Crippen LogP contribution >= 0.6 is 0 Å². The Morgan fingerprint density at radius 2 is 2.07 bits per heavy atom. The third-order valence-corrected chi connectivity index (χ3v) is 5.52. The maximum absolute atomic E-state index is 12.3. The van der Waals surface area contributed by atoms with E-state index < -0.39 is 0 Å². The summed E-state index contributed by atoms with van der Waals surface area (Å²) in [5, 5.41) is 7.33. The van der Waals surface area contributed by atoms with Crippen LogP contribution in [0.15, 0.2) is 53.3 Å². The molecule has 2 aliphatic carbocycles. The summed E-state index contributed by atoms with van der Waals surface area (Å²) in [5.41, 5.74) is 1.08. The zero-order valence-electron chi connectivity index (χ0n) is 15.3. The van der Waals surface area contributed by atoms with Gasteiger partial charge >= 0.3 is 0 Å². The van der Waals surface area contributed by atoms with E-state index in [4.69, 9.17) is 4.74 Å². The van der Waals surface area contributed by atoms with Crippen molar-refractivity contribution in [2.24, 2.45) is 17.8 Å². The Bertz CT molecular complexity index is 934. The highest BCUT2D eigenvalue weighted by Gasteiger charge is 2.35. The van der Waals surface area contributed by atoms with Gasteiger partial charge in [0.15, 0.2) is 0 Å². The Morgan fingerprint density at radius 3 is 2.81 bits per heavy atom. The van der Waals surface area contributed by atoms with Crippen molar-refractivity contribution in [3.63, 3.8) is 0 Å². The molecular weight excluding hydrogens is 342 g/mol. The van der Waals surface area contributed by atoms with Crippen molar-refractivity contribution in [3.05, 3.63) is 58.9 Å². The highest BCUT2D eigenvalue weighted by molar-refractivity contribution is 5.75. The van der Waals surface area contributed by atoms with Crippen LogP contribution in [0.5, 0.6) is 5.75 Å². The molecule has 0 radical (unpaired) electrons. The molecule has 2 bridgehead atoms. The third-order valence-electron chi connectivity index (χ3n) is 5.52. The van der Waals surface area contributed by atoms with Crippen LogP contribution in [0.4, 0.5) is 0 Å². The number of rotatable bonds is 6. The van der Waals surface area contributed by atoms with E-state index in [9.17, 15) is 9.59 Å². The quantitative estimate of drug-likeness (QED) is 0.797. The molecular formula is C21H23N3O3. The number of nitrogens with one attached hydrogen (secondary N) is 1. The van der Waals surface area contributed by atoms with Gasteiger partial charge in [0.2, 0.25) is 5.91 Å². The van der Waals surface area contributed by atoms with Gasteiger partial charge in [0.25, 0.3) is 5.56 Å². The van der Waals surface area contributed by atoms with Gasteiger partial charge in [-0.3, -0.25) is 9.59 Å². The fourth-order valence-corrected chi connectivity index (χ4v) is 4.13. The van der Waals surface area contributed by atoms with E-state index in [0.717, 1.165) is 12.0 Å². The van der Waals surface area contributed by atoms with Gasteiger partial charge in [-0.1, -0.05) is 24.3 Å². The first-order valence-corrected chi connectivity index (χ1v) is 9.30. The molecule has 2 aromatic rings. The summed E-state index contributed by atoms with van der Waals surface area (Å²) in [6.45, 7) is 0.573. The summed E-state index contributed by atoms with van der Waals surface area (Å²) in [6.07, 6.45) is 6.91. The van der Waals surface area contributed by atoms with Crippen LogP contribution in [0, 0.1) is 17.8 Å². The monoisotopic (exact) mass is 365 g/mol. The van der Waals surface area contributed by atoms with Crippen LogP contribution in [0.3, 0.4) is 0 Å². The van der Waals surface area contributed by atoms with Gasteiger partial charge in [0.1, 0.15) is 12.3 Å². The first-order valence-electron chi connectivity index (χ1n) is 9.30. The predicted octanol–water partition coefficient (Wildman–Crippen LogP) is 2.25. The van der Waals surface area contributed by atoms with Crippen LogP contribution in [-0.4, -0.2) is 29.3 Å². The van der Waals surface area contributed by atoms with Crippen molar-refractivity contribution in [1.29, 1.82) is 0 Å². The molecule has 27 heavy (non-hydrogen) atoms. The van der Waals surface area contributed by atoms with Gasteiger partial charge in [-0.2, -0.15) is 5.10 Å². The number of amides is 1. The van der Waals surface area contributed by atoms with Crippen LogP contribution in [0.2, 0.25) is 0 Å². The lowest BCUT2D eigenvalue weighted by molar-refractivity contribution is -0.122. The van der Waals surface area contributed by atoms with E-state index in [1.165, 1.54) is 17.2 Å². The number of fused-ring (bicyclic) bond motifs is 2. The average Bonchev–Trinajstić information content (AvgIpc) is 3.31. The lowest BCUT2D eigenvalue weighted by Gasteiger charge is -2.18. The lowest BCUT2D eigenvalue weighted by Crippen LogP contribution is -2.36. The number of carbonyl (C=O) groups excluding carboxylic acids is 1. The average molecular weight is 365 g/mol. The smallest absolute Gasteiger partial charge is 0.267 e. The maximum atomic E-state index is 12.3. The van der Waals surface area contributed by atoms with Crippen molar-refractivity contribution in [3.8, 4) is 17.0 Å². The number of allylic oxidation sites excluding steroid dienone is 2. The minimum atomic E-state index is -0.299. The summed E-state index contributed by atoms with van der Waals surface area (Å²) in [7, 11) is 1.59. The molecule has 0 saturated heterocycles. The molecule has 3 atom stereocenters. The SMILES string of the molecule is COc1ccccc1-c1ccc(=O)n(CC(=O)NC[C@@H]2C[C@H]3C=C[C@@H]2C3)n1. The molecule has 1 fully saturated rings. The highest BCUT2D eigenvalue weighted by atomic mass is 16.5. The first-order chi connectivity index (χ1) is 13.1. The van der Waals surface area contributed by atoms with E-state index in [1.54, 1.807) is 13.2 Å². The Labute approximate surface area is 157 Å². The van der Waals surface area contributed by atoms with E-state index in [0.29, 0.717) is 35.7 Å². The maximum Gasteiger partial charge on any atom is 0.267 e. The van der Waals surface area contributed by atoms with E-state index in [-0.39, 0.29) is 18.0 Å². The number of methoxy groups -OCH3 is 1. The Kier molecular flexibility index (Phi) is 4.79. The van der Waals surface area contributed by atoms with Crippen molar-refractivity contribution in [2.45, 2.75) is 19.4 Å². The second-order valence-electron chi connectivity index (χ2n) is 7.26. The lowest BCUT2D eigenvalue weighted by atomic mass is 9.94.